The van der Waals surface area contributed by atoms with Crippen LogP contribution in [0.4, 0.5) is 0 Å². The van der Waals surface area contributed by atoms with Gasteiger partial charge in [0, 0.05) is 35.6 Å². The third-order valence-electron chi connectivity index (χ3n) is 5.24. The summed E-state index contributed by atoms with van der Waals surface area (Å²) in [5.74, 6) is -0.239. The number of nitrogens with zero attached hydrogens (tertiary/aromatic N) is 1. The fourth-order valence-electron chi connectivity index (χ4n) is 3.48. The molecule has 0 atom stereocenters. The molecular weight excluding hydrogens is 468 g/mol. The van der Waals surface area contributed by atoms with Crippen molar-refractivity contribution in [3.05, 3.63) is 64.6 Å². The van der Waals surface area contributed by atoms with Crippen molar-refractivity contribution in [3.63, 3.8) is 0 Å². The number of amides is 2. The zero-order chi connectivity index (χ0) is 21.6. The fourth-order valence-corrected chi connectivity index (χ4v) is 5.08. The van der Waals surface area contributed by atoms with Crippen LogP contribution in [0.3, 0.4) is 0 Å². The second kappa shape index (κ2) is 10.2. The first-order valence-corrected chi connectivity index (χ1v) is 12.4. The van der Waals surface area contributed by atoms with Crippen molar-refractivity contribution >= 4 is 37.6 Å². The molecule has 0 spiro atoms. The van der Waals surface area contributed by atoms with Gasteiger partial charge in [-0.1, -0.05) is 34.1 Å². The minimum Gasteiger partial charge on any atom is -0.356 e. The molecule has 1 heterocycles. The van der Waals surface area contributed by atoms with E-state index >= 15 is 0 Å². The Labute approximate surface area is 185 Å². The zero-order valence-corrected chi connectivity index (χ0v) is 19.0. The highest BCUT2D eigenvalue weighted by molar-refractivity contribution is 9.10. The summed E-state index contributed by atoms with van der Waals surface area (Å²) in [5.41, 5.74) is 0.640. The minimum absolute atomic E-state index is 0.00255. The summed E-state index contributed by atoms with van der Waals surface area (Å²) in [6.07, 6.45) is 1.58. The fraction of sp³-hybridized carbons (Fsp3) is 0.364. The molecule has 1 aliphatic heterocycles. The Balaban J connectivity index is 1.40. The number of hydrogen-bond acceptors (Lipinski definition) is 4. The first-order chi connectivity index (χ1) is 14.4. The average molecular weight is 493 g/mol. The van der Waals surface area contributed by atoms with Crippen LogP contribution in [0.15, 0.2) is 64.0 Å². The van der Waals surface area contributed by atoms with Crippen molar-refractivity contribution in [3.8, 4) is 0 Å². The van der Waals surface area contributed by atoms with Gasteiger partial charge in [0.1, 0.15) is 0 Å². The van der Waals surface area contributed by atoms with Gasteiger partial charge in [-0.25, -0.2) is 8.42 Å². The molecule has 3 rings (SSSR count). The maximum absolute atomic E-state index is 12.6. The molecule has 0 aromatic heterocycles. The number of rotatable bonds is 7. The summed E-state index contributed by atoms with van der Waals surface area (Å²) < 4.78 is 25.4. The number of benzene rings is 2. The second-order valence-corrected chi connectivity index (χ2v) is 10.4. The van der Waals surface area contributed by atoms with E-state index in [1.54, 1.807) is 47.4 Å². The lowest BCUT2D eigenvalue weighted by atomic mass is 9.95. The van der Waals surface area contributed by atoms with Crippen LogP contribution in [0.25, 0.3) is 0 Å². The minimum atomic E-state index is -3.33. The van der Waals surface area contributed by atoms with Gasteiger partial charge in [-0.05, 0) is 55.7 Å². The number of carbonyl (C=O) groups is 2. The molecule has 2 aromatic rings. The van der Waals surface area contributed by atoms with Crippen molar-refractivity contribution in [2.75, 3.05) is 25.4 Å². The highest BCUT2D eigenvalue weighted by Crippen LogP contribution is 2.20. The first-order valence-electron chi connectivity index (χ1n) is 9.97. The normalized spacial score (nSPS) is 15.0. The molecule has 0 bridgehead atoms. The smallest absolute Gasteiger partial charge is 0.253 e. The Kier molecular flexibility index (Phi) is 7.66. The number of nitrogens with one attached hydrogen (secondary N) is 1. The van der Waals surface area contributed by atoms with Crippen LogP contribution in [0, 0.1) is 5.92 Å². The molecule has 2 amide bonds. The van der Waals surface area contributed by atoms with E-state index in [-0.39, 0.29) is 23.5 Å². The molecule has 0 unspecified atom stereocenters. The van der Waals surface area contributed by atoms with Crippen LogP contribution in [0.2, 0.25) is 0 Å². The van der Waals surface area contributed by atoms with E-state index < -0.39 is 9.84 Å². The van der Waals surface area contributed by atoms with Crippen LogP contribution >= 0.6 is 15.9 Å². The van der Waals surface area contributed by atoms with Gasteiger partial charge in [0.25, 0.3) is 5.91 Å². The van der Waals surface area contributed by atoms with Crippen molar-refractivity contribution in [1.29, 1.82) is 0 Å². The highest BCUT2D eigenvalue weighted by atomic mass is 79.9. The van der Waals surface area contributed by atoms with Gasteiger partial charge in [-0.3, -0.25) is 9.59 Å². The van der Waals surface area contributed by atoms with Crippen LogP contribution < -0.4 is 5.32 Å². The summed E-state index contributed by atoms with van der Waals surface area (Å²) in [5, 5.41) is 2.85. The lowest BCUT2D eigenvalue weighted by molar-refractivity contribution is -0.126. The maximum Gasteiger partial charge on any atom is 0.253 e. The predicted octanol–water partition coefficient (Wildman–Crippen LogP) is 3.28. The number of piperidine rings is 1. The lowest BCUT2D eigenvalue weighted by Gasteiger charge is -2.31. The summed E-state index contributed by atoms with van der Waals surface area (Å²) in [6.45, 7) is 1.40. The Morgan fingerprint density at radius 2 is 1.63 bits per heavy atom. The van der Waals surface area contributed by atoms with Gasteiger partial charge < -0.3 is 10.2 Å². The molecule has 0 saturated carbocycles. The standard InChI is InChI=1S/C22H25BrN2O4S/c23-19-9-7-18(8-10-19)22(27)25-14-11-17(12-15-25)21(26)24-13-4-16-30(28,29)20-5-2-1-3-6-20/h1-3,5-10,17H,4,11-16H2,(H,24,26). The molecule has 0 aliphatic carbocycles. The van der Waals surface area contributed by atoms with E-state index in [0.717, 1.165) is 4.47 Å². The zero-order valence-electron chi connectivity index (χ0n) is 16.6. The van der Waals surface area contributed by atoms with E-state index in [4.69, 9.17) is 0 Å². The van der Waals surface area contributed by atoms with Gasteiger partial charge >= 0.3 is 0 Å². The Morgan fingerprint density at radius 1 is 1.00 bits per heavy atom. The van der Waals surface area contributed by atoms with Crippen LogP contribution in [-0.2, 0) is 14.6 Å². The molecular formula is C22H25BrN2O4S. The topological polar surface area (TPSA) is 83.6 Å². The molecule has 8 heteroatoms. The van der Waals surface area contributed by atoms with E-state index in [0.29, 0.717) is 49.4 Å². The monoisotopic (exact) mass is 492 g/mol. The van der Waals surface area contributed by atoms with Crippen molar-refractivity contribution < 1.29 is 18.0 Å². The molecule has 1 fully saturated rings. The molecule has 1 saturated heterocycles. The number of carbonyl (C=O) groups excluding carboxylic acids is 2. The predicted molar refractivity (Wildman–Crippen MR) is 119 cm³/mol. The number of halogens is 1. The van der Waals surface area contributed by atoms with E-state index in [1.807, 2.05) is 12.1 Å². The van der Waals surface area contributed by atoms with Gasteiger partial charge in [0.2, 0.25) is 5.91 Å². The maximum atomic E-state index is 12.6. The third kappa shape index (κ3) is 5.92. The third-order valence-corrected chi connectivity index (χ3v) is 7.58. The van der Waals surface area contributed by atoms with Crippen LogP contribution in [-0.4, -0.2) is 50.5 Å². The van der Waals surface area contributed by atoms with Crippen molar-refractivity contribution in [2.45, 2.75) is 24.2 Å². The number of hydrogen-bond donors (Lipinski definition) is 1. The van der Waals surface area contributed by atoms with Gasteiger partial charge in [0.05, 0.1) is 10.6 Å². The van der Waals surface area contributed by atoms with Crippen molar-refractivity contribution in [1.82, 2.24) is 10.2 Å². The largest absolute Gasteiger partial charge is 0.356 e. The van der Waals surface area contributed by atoms with Gasteiger partial charge in [0.15, 0.2) is 9.84 Å². The number of likely N-dealkylation sites (tertiary alicyclic amines) is 1. The summed E-state index contributed by atoms with van der Waals surface area (Å²) in [7, 11) is -3.33. The van der Waals surface area contributed by atoms with Crippen molar-refractivity contribution in [2.24, 2.45) is 5.92 Å². The molecule has 30 heavy (non-hydrogen) atoms. The molecule has 0 radical (unpaired) electrons. The second-order valence-electron chi connectivity index (χ2n) is 7.35. The van der Waals surface area contributed by atoms with Gasteiger partial charge in [-0.15, -0.1) is 0 Å². The van der Waals surface area contributed by atoms with E-state index in [1.165, 1.54) is 0 Å². The summed E-state index contributed by atoms with van der Waals surface area (Å²) in [6, 6.07) is 15.6. The quantitative estimate of drug-likeness (QED) is 0.601. The Bertz CT molecular complexity index is 970. The van der Waals surface area contributed by atoms with Crippen LogP contribution in [0.5, 0.6) is 0 Å². The lowest BCUT2D eigenvalue weighted by Crippen LogP contribution is -2.43. The molecule has 1 aliphatic rings. The molecule has 2 aromatic carbocycles. The summed E-state index contributed by atoms with van der Waals surface area (Å²) in [4.78, 5) is 27.1. The SMILES string of the molecule is O=C(NCCCS(=O)(=O)c1ccccc1)C1CCN(C(=O)c2ccc(Br)cc2)CC1. The highest BCUT2D eigenvalue weighted by Gasteiger charge is 2.27. The van der Waals surface area contributed by atoms with E-state index in [9.17, 15) is 18.0 Å². The Morgan fingerprint density at radius 3 is 2.27 bits per heavy atom. The Hall–Kier alpha value is -2.19. The summed E-state index contributed by atoms with van der Waals surface area (Å²) >= 11 is 3.36. The van der Waals surface area contributed by atoms with E-state index in [2.05, 4.69) is 21.2 Å². The molecule has 160 valence electrons. The average Bonchev–Trinajstić information content (AvgIpc) is 2.77. The molecule has 1 N–H and O–H groups in total. The number of sulfone groups is 1. The molecule has 6 nitrogen and oxygen atoms in total. The first kappa shape index (κ1) is 22.5. The van der Waals surface area contributed by atoms with Gasteiger partial charge in [-0.2, -0.15) is 0 Å². The van der Waals surface area contributed by atoms with Crippen LogP contribution in [0.1, 0.15) is 29.6 Å².